The number of hydrogen-bond donors (Lipinski definition) is 0. The van der Waals surface area contributed by atoms with Gasteiger partial charge in [-0.2, -0.15) is 0 Å². The van der Waals surface area contributed by atoms with Gasteiger partial charge in [0.25, 0.3) is 5.91 Å². The van der Waals surface area contributed by atoms with Gasteiger partial charge in [0.1, 0.15) is 11.6 Å². The number of benzene rings is 1. The molecule has 1 aromatic carbocycles. The van der Waals surface area contributed by atoms with Gasteiger partial charge in [0.15, 0.2) is 0 Å². The Bertz CT molecular complexity index is 1150. The van der Waals surface area contributed by atoms with Gasteiger partial charge in [0.2, 0.25) is 0 Å². The summed E-state index contributed by atoms with van der Waals surface area (Å²) in [6.07, 6.45) is 6.16. The number of carbonyl (C=O) groups excluding carboxylic acids is 1. The lowest BCUT2D eigenvalue weighted by atomic mass is 9.96. The molecule has 176 valence electrons. The third-order valence-electron chi connectivity index (χ3n) is 6.58. The minimum atomic E-state index is -0.0544. The van der Waals surface area contributed by atoms with E-state index >= 15 is 0 Å². The Morgan fingerprint density at radius 3 is 2.76 bits per heavy atom. The van der Waals surface area contributed by atoms with Gasteiger partial charge in [0, 0.05) is 62.4 Å². The molecule has 7 nitrogen and oxygen atoms in total. The molecule has 1 saturated heterocycles. The first-order valence-corrected chi connectivity index (χ1v) is 11.7. The number of carbonyl (C=O) groups is 1. The minimum absolute atomic E-state index is 0.0544. The quantitative estimate of drug-likeness (QED) is 0.558. The maximum absolute atomic E-state index is 12.3. The molecule has 0 aliphatic carbocycles. The summed E-state index contributed by atoms with van der Waals surface area (Å²) in [6.45, 7) is 9.19. The molecule has 3 heterocycles. The predicted molar refractivity (Wildman–Crippen MR) is 131 cm³/mol. The first kappa shape index (κ1) is 23.2. The highest BCUT2D eigenvalue weighted by atomic mass is 16.5. The van der Waals surface area contributed by atoms with E-state index in [-0.39, 0.29) is 11.8 Å². The molecule has 0 N–H and O–H groups in total. The number of methoxy groups -OCH3 is 1. The van der Waals surface area contributed by atoms with Crippen LogP contribution in [0, 0.1) is 6.92 Å². The molecule has 3 aromatic rings. The van der Waals surface area contributed by atoms with Crippen molar-refractivity contribution in [3.8, 4) is 5.75 Å². The van der Waals surface area contributed by atoms with E-state index in [0.717, 1.165) is 49.7 Å². The third kappa shape index (κ3) is 4.74. The van der Waals surface area contributed by atoms with Crippen molar-refractivity contribution in [2.45, 2.75) is 52.1 Å². The van der Waals surface area contributed by atoms with Gasteiger partial charge in [-0.3, -0.25) is 9.69 Å². The van der Waals surface area contributed by atoms with Crippen LogP contribution >= 0.6 is 0 Å². The zero-order chi connectivity index (χ0) is 23.7. The molecule has 0 saturated carbocycles. The number of nitrogens with zero attached hydrogens (tertiary/aromatic N) is 5. The number of aromatic nitrogens is 3. The number of hydrogen-bond acceptors (Lipinski definition) is 5. The van der Waals surface area contributed by atoms with E-state index in [0.29, 0.717) is 11.6 Å². The lowest BCUT2D eigenvalue weighted by Crippen LogP contribution is -2.34. The Morgan fingerprint density at radius 1 is 1.30 bits per heavy atom. The Balaban J connectivity index is 1.56. The summed E-state index contributed by atoms with van der Waals surface area (Å²) in [5.41, 5.74) is 3.89. The van der Waals surface area contributed by atoms with Gasteiger partial charge in [-0.15, -0.1) is 0 Å². The molecule has 1 aliphatic heterocycles. The Morgan fingerprint density at radius 2 is 2.09 bits per heavy atom. The van der Waals surface area contributed by atoms with E-state index < -0.39 is 0 Å². The van der Waals surface area contributed by atoms with Crippen LogP contribution in [0.4, 0.5) is 0 Å². The molecule has 1 unspecified atom stereocenters. The van der Waals surface area contributed by atoms with Gasteiger partial charge in [-0.1, -0.05) is 0 Å². The van der Waals surface area contributed by atoms with Crippen molar-refractivity contribution in [2.24, 2.45) is 0 Å². The van der Waals surface area contributed by atoms with Crippen LogP contribution in [0.5, 0.6) is 5.75 Å². The largest absolute Gasteiger partial charge is 0.497 e. The fourth-order valence-electron chi connectivity index (χ4n) is 4.77. The monoisotopic (exact) mass is 449 g/mol. The number of rotatable bonds is 6. The van der Waals surface area contributed by atoms with Gasteiger partial charge in [0.05, 0.1) is 18.4 Å². The molecule has 4 rings (SSSR count). The lowest BCUT2D eigenvalue weighted by molar-refractivity contribution is 0.0825. The summed E-state index contributed by atoms with van der Waals surface area (Å²) >= 11 is 0. The molecule has 1 amide bonds. The lowest BCUT2D eigenvalue weighted by Gasteiger charge is -2.32. The molecular weight excluding hydrogens is 414 g/mol. The van der Waals surface area contributed by atoms with Crippen LogP contribution in [0.2, 0.25) is 0 Å². The maximum atomic E-state index is 12.3. The van der Waals surface area contributed by atoms with Crippen molar-refractivity contribution in [3.05, 3.63) is 53.2 Å². The number of amides is 1. The van der Waals surface area contributed by atoms with Crippen molar-refractivity contribution in [2.75, 3.05) is 34.3 Å². The molecule has 0 spiro atoms. The van der Waals surface area contributed by atoms with E-state index in [4.69, 9.17) is 9.72 Å². The zero-order valence-corrected chi connectivity index (χ0v) is 20.6. The third-order valence-corrected chi connectivity index (χ3v) is 6.58. The summed E-state index contributed by atoms with van der Waals surface area (Å²) in [6, 6.07) is 6.73. The topological polar surface area (TPSA) is 63.5 Å². The van der Waals surface area contributed by atoms with E-state index in [2.05, 4.69) is 46.6 Å². The van der Waals surface area contributed by atoms with Crippen LogP contribution in [0.3, 0.4) is 0 Å². The van der Waals surface area contributed by atoms with Crippen LogP contribution in [0.25, 0.3) is 10.9 Å². The van der Waals surface area contributed by atoms with Gasteiger partial charge >= 0.3 is 0 Å². The molecule has 1 fully saturated rings. The van der Waals surface area contributed by atoms with E-state index in [1.54, 1.807) is 32.3 Å². The van der Waals surface area contributed by atoms with Crippen LogP contribution in [0.1, 0.15) is 66.1 Å². The molecule has 7 heteroatoms. The van der Waals surface area contributed by atoms with Crippen LogP contribution in [-0.2, 0) is 6.54 Å². The Labute approximate surface area is 196 Å². The van der Waals surface area contributed by atoms with Crippen molar-refractivity contribution in [1.29, 1.82) is 0 Å². The fourth-order valence-corrected chi connectivity index (χ4v) is 4.77. The summed E-state index contributed by atoms with van der Waals surface area (Å²) in [5, 5.41) is 1.25. The van der Waals surface area contributed by atoms with Crippen LogP contribution in [-0.4, -0.2) is 64.5 Å². The molecular formula is C26H35N5O2. The van der Waals surface area contributed by atoms with Crippen molar-refractivity contribution in [3.63, 3.8) is 0 Å². The number of fused-ring (bicyclic) bond motifs is 1. The average Bonchev–Trinajstić information content (AvgIpc) is 3.16. The number of likely N-dealkylation sites (tertiary alicyclic amines) is 1. The summed E-state index contributed by atoms with van der Waals surface area (Å²) < 4.78 is 7.84. The molecule has 1 aliphatic rings. The predicted octanol–water partition coefficient (Wildman–Crippen LogP) is 4.41. The fraction of sp³-hybridized carbons (Fsp3) is 0.500. The highest BCUT2D eigenvalue weighted by Gasteiger charge is 2.26. The van der Waals surface area contributed by atoms with Crippen molar-refractivity contribution >= 4 is 16.8 Å². The van der Waals surface area contributed by atoms with Crippen molar-refractivity contribution < 1.29 is 9.53 Å². The SMILES string of the molecule is COc1ccc2c(c1)c(CN1CCCC(c3ncc(C(=O)N(C)C)c(C)n3)C1)cn2C(C)C. The van der Waals surface area contributed by atoms with Crippen molar-refractivity contribution in [1.82, 2.24) is 24.3 Å². The highest BCUT2D eigenvalue weighted by Crippen LogP contribution is 2.31. The standard InChI is InChI=1S/C26H35N5O2/c1-17(2)31-16-20(22-12-21(33-6)9-10-24(22)31)15-30-11-7-8-19(14-30)25-27-13-23(18(3)28-25)26(32)29(4)5/h9-10,12-13,16-17,19H,7-8,11,14-15H2,1-6H3. The zero-order valence-electron chi connectivity index (χ0n) is 20.6. The second-order valence-electron chi connectivity index (χ2n) is 9.54. The van der Waals surface area contributed by atoms with Crippen LogP contribution < -0.4 is 4.74 Å². The summed E-state index contributed by atoms with van der Waals surface area (Å²) in [4.78, 5) is 25.7. The number of aryl methyl sites for hydroxylation is 1. The first-order chi connectivity index (χ1) is 15.8. The molecule has 0 radical (unpaired) electrons. The minimum Gasteiger partial charge on any atom is -0.497 e. The Hall–Kier alpha value is -2.93. The molecule has 2 aromatic heterocycles. The molecule has 33 heavy (non-hydrogen) atoms. The van der Waals surface area contributed by atoms with Gasteiger partial charge in [-0.05, 0) is 63.9 Å². The number of ether oxygens (including phenoxy) is 1. The summed E-state index contributed by atoms with van der Waals surface area (Å²) in [7, 11) is 5.22. The normalized spacial score (nSPS) is 17.0. The smallest absolute Gasteiger partial charge is 0.256 e. The second-order valence-corrected chi connectivity index (χ2v) is 9.54. The van der Waals surface area contributed by atoms with E-state index in [1.807, 2.05) is 13.0 Å². The van der Waals surface area contributed by atoms with Gasteiger partial charge in [-0.25, -0.2) is 9.97 Å². The average molecular weight is 450 g/mol. The molecule has 0 bridgehead atoms. The first-order valence-electron chi connectivity index (χ1n) is 11.7. The van der Waals surface area contributed by atoms with Gasteiger partial charge < -0.3 is 14.2 Å². The second kappa shape index (κ2) is 9.51. The van der Waals surface area contributed by atoms with Crippen LogP contribution in [0.15, 0.2) is 30.6 Å². The highest BCUT2D eigenvalue weighted by molar-refractivity contribution is 5.94. The van der Waals surface area contributed by atoms with E-state index in [1.165, 1.54) is 16.5 Å². The summed E-state index contributed by atoms with van der Waals surface area (Å²) in [5.74, 6) is 1.95. The number of piperidine rings is 1. The Kier molecular flexibility index (Phi) is 6.70. The molecule has 1 atom stereocenters. The maximum Gasteiger partial charge on any atom is 0.256 e. The van der Waals surface area contributed by atoms with E-state index in [9.17, 15) is 4.79 Å².